The van der Waals surface area contributed by atoms with E-state index in [4.69, 9.17) is 0 Å². The lowest BCUT2D eigenvalue weighted by Gasteiger charge is -2.62. The molecule has 0 amide bonds. The van der Waals surface area contributed by atoms with Gasteiger partial charge in [-0.1, -0.05) is 34.6 Å². The lowest BCUT2D eigenvalue weighted by molar-refractivity contribution is -0.290. The minimum Gasteiger partial charge on any atom is -0.393 e. The Morgan fingerprint density at radius 2 is 1.48 bits per heavy atom. The molecular formula is C26H43F3O2. The summed E-state index contributed by atoms with van der Waals surface area (Å²) in [5.41, 5.74) is -2.34. The minimum absolute atomic E-state index is 0.0302. The van der Waals surface area contributed by atoms with Gasteiger partial charge in [0, 0.05) is 0 Å². The average Bonchev–Trinajstić information content (AvgIpc) is 3.03. The molecule has 0 aromatic heterocycles. The van der Waals surface area contributed by atoms with Crippen molar-refractivity contribution in [2.24, 2.45) is 52.3 Å². The van der Waals surface area contributed by atoms with Gasteiger partial charge >= 0.3 is 6.18 Å². The van der Waals surface area contributed by atoms with Crippen LogP contribution in [0.4, 0.5) is 13.2 Å². The van der Waals surface area contributed by atoms with Crippen LogP contribution < -0.4 is 0 Å². The molecule has 0 aliphatic heterocycles. The normalized spacial score (nSPS) is 49.8. The van der Waals surface area contributed by atoms with Gasteiger partial charge < -0.3 is 10.2 Å². The van der Waals surface area contributed by atoms with Crippen molar-refractivity contribution in [3.8, 4) is 0 Å². The Balaban J connectivity index is 1.54. The van der Waals surface area contributed by atoms with Gasteiger partial charge in [0.05, 0.1) is 6.10 Å². The molecule has 0 heterocycles. The highest BCUT2D eigenvalue weighted by atomic mass is 19.4. The molecule has 0 aromatic rings. The highest BCUT2D eigenvalue weighted by Gasteiger charge is 2.65. The van der Waals surface area contributed by atoms with Crippen LogP contribution in [-0.2, 0) is 0 Å². The Kier molecular flexibility index (Phi) is 5.86. The standard InChI is InChI=1S/C26H43F3O2/c1-15(2)22(30)16(3)19-8-9-20-18-7-6-17-14-25(31,26(27,28)29)13-12-23(17,4)21(18)10-11-24(19,20)5/h15-22,30-31H,6-14H2,1-5H3/t16-,17+,18-,19+,20-,21-,22?,23-,24+,25+/m0/s1. The fourth-order valence-corrected chi connectivity index (χ4v) is 9.25. The quantitative estimate of drug-likeness (QED) is 0.515. The Morgan fingerprint density at radius 1 is 0.839 bits per heavy atom. The van der Waals surface area contributed by atoms with E-state index in [9.17, 15) is 23.4 Å². The van der Waals surface area contributed by atoms with E-state index in [1.807, 2.05) is 0 Å². The van der Waals surface area contributed by atoms with Crippen LogP contribution >= 0.6 is 0 Å². The van der Waals surface area contributed by atoms with Gasteiger partial charge in [-0.05, 0) is 110 Å². The molecule has 0 spiro atoms. The van der Waals surface area contributed by atoms with Gasteiger partial charge in [-0.15, -0.1) is 0 Å². The molecule has 4 fully saturated rings. The number of hydrogen-bond acceptors (Lipinski definition) is 2. The van der Waals surface area contributed by atoms with Crippen molar-refractivity contribution in [3.63, 3.8) is 0 Å². The molecule has 5 heteroatoms. The molecule has 4 aliphatic rings. The number of fused-ring (bicyclic) bond motifs is 5. The lowest BCUT2D eigenvalue weighted by atomic mass is 9.43. The van der Waals surface area contributed by atoms with E-state index in [2.05, 4.69) is 34.6 Å². The molecule has 0 radical (unpaired) electrons. The monoisotopic (exact) mass is 444 g/mol. The van der Waals surface area contributed by atoms with Crippen molar-refractivity contribution in [1.82, 2.24) is 0 Å². The van der Waals surface area contributed by atoms with Crippen LogP contribution in [0.3, 0.4) is 0 Å². The van der Waals surface area contributed by atoms with Crippen LogP contribution in [0.2, 0.25) is 0 Å². The van der Waals surface area contributed by atoms with E-state index in [0.717, 1.165) is 25.7 Å². The summed E-state index contributed by atoms with van der Waals surface area (Å²) < 4.78 is 40.6. The Morgan fingerprint density at radius 3 is 2.10 bits per heavy atom. The van der Waals surface area contributed by atoms with Gasteiger partial charge in [0.1, 0.15) is 0 Å². The average molecular weight is 445 g/mol. The maximum atomic E-state index is 13.5. The molecule has 10 atom stereocenters. The molecule has 2 nitrogen and oxygen atoms in total. The SMILES string of the molecule is CC(C)C(O)[C@@H](C)[C@H]1CC[C@H]2[C@@H]3CC[C@@H]4C[C@@](O)(C(F)(F)F)CC[C@]4(C)[C@H]3CC[C@]12C. The molecule has 2 N–H and O–H groups in total. The van der Waals surface area contributed by atoms with Crippen LogP contribution in [-0.4, -0.2) is 28.1 Å². The van der Waals surface area contributed by atoms with E-state index >= 15 is 0 Å². The highest BCUT2D eigenvalue weighted by Crippen LogP contribution is 2.69. The zero-order valence-corrected chi connectivity index (χ0v) is 20.0. The summed E-state index contributed by atoms with van der Waals surface area (Å²) in [4.78, 5) is 0. The first-order chi connectivity index (χ1) is 14.2. The maximum Gasteiger partial charge on any atom is 0.417 e. The number of rotatable bonds is 3. The van der Waals surface area contributed by atoms with E-state index in [1.165, 1.54) is 12.8 Å². The van der Waals surface area contributed by atoms with Crippen LogP contribution in [0, 0.1) is 52.3 Å². The number of hydrogen-bond donors (Lipinski definition) is 2. The third-order valence-electron chi connectivity index (χ3n) is 11.2. The Labute approximate surface area is 186 Å². The van der Waals surface area contributed by atoms with Gasteiger partial charge in [-0.25, -0.2) is 0 Å². The van der Waals surface area contributed by atoms with Crippen LogP contribution in [0.5, 0.6) is 0 Å². The van der Waals surface area contributed by atoms with Gasteiger partial charge in [0.15, 0.2) is 5.60 Å². The van der Waals surface area contributed by atoms with Gasteiger partial charge in [-0.2, -0.15) is 13.2 Å². The van der Waals surface area contributed by atoms with Crippen molar-refractivity contribution < 1.29 is 23.4 Å². The highest BCUT2D eigenvalue weighted by molar-refractivity contribution is 5.12. The summed E-state index contributed by atoms with van der Waals surface area (Å²) in [6.07, 6.45) is 1.85. The second kappa shape index (κ2) is 7.61. The van der Waals surface area contributed by atoms with E-state index in [1.54, 1.807) is 0 Å². The summed E-state index contributed by atoms with van der Waals surface area (Å²) in [5, 5.41) is 21.2. The van der Waals surface area contributed by atoms with Gasteiger partial charge in [0.25, 0.3) is 0 Å². The molecule has 4 aliphatic carbocycles. The maximum absolute atomic E-state index is 13.5. The van der Waals surface area contributed by atoms with Crippen molar-refractivity contribution in [1.29, 1.82) is 0 Å². The second-order valence-electron chi connectivity index (χ2n) is 12.7. The predicted octanol–water partition coefficient (Wildman–Crippen LogP) is 6.59. The molecule has 4 saturated carbocycles. The fraction of sp³-hybridized carbons (Fsp3) is 1.00. The molecular weight excluding hydrogens is 401 g/mol. The Bertz CT molecular complexity index is 678. The first-order valence-corrected chi connectivity index (χ1v) is 12.7. The van der Waals surface area contributed by atoms with Crippen molar-refractivity contribution in [2.45, 2.75) is 110 Å². The third kappa shape index (κ3) is 3.50. The number of halogens is 3. The summed E-state index contributed by atoms with van der Waals surface area (Å²) in [7, 11) is 0. The van der Waals surface area contributed by atoms with Crippen molar-refractivity contribution in [2.75, 3.05) is 0 Å². The van der Waals surface area contributed by atoms with Crippen LogP contribution in [0.1, 0.15) is 92.4 Å². The zero-order chi connectivity index (χ0) is 23.0. The van der Waals surface area contributed by atoms with E-state index in [-0.39, 0.29) is 47.5 Å². The number of aliphatic hydroxyl groups is 2. The molecule has 180 valence electrons. The minimum atomic E-state index is -4.53. The van der Waals surface area contributed by atoms with Gasteiger partial charge in [0.2, 0.25) is 0 Å². The molecule has 0 saturated heterocycles. The molecule has 0 aromatic carbocycles. The predicted molar refractivity (Wildman–Crippen MR) is 116 cm³/mol. The fourth-order valence-electron chi connectivity index (χ4n) is 9.25. The molecule has 4 rings (SSSR count). The first kappa shape index (κ1) is 23.9. The summed E-state index contributed by atoms with van der Waals surface area (Å²) in [6.45, 7) is 11.1. The van der Waals surface area contributed by atoms with Crippen molar-refractivity contribution >= 4 is 0 Å². The summed E-state index contributed by atoms with van der Waals surface area (Å²) in [5.74, 6) is 2.74. The number of aliphatic hydroxyl groups excluding tert-OH is 1. The smallest absolute Gasteiger partial charge is 0.393 e. The number of alkyl halides is 3. The lowest BCUT2D eigenvalue weighted by Crippen LogP contribution is -2.59. The van der Waals surface area contributed by atoms with Crippen LogP contribution in [0.15, 0.2) is 0 Å². The van der Waals surface area contributed by atoms with E-state index in [0.29, 0.717) is 30.1 Å². The molecule has 31 heavy (non-hydrogen) atoms. The van der Waals surface area contributed by atoms with E-state index < -0.39 is 11.8 Å². The zero-order valence-electron chi connectivity index (χ0n) is 20.0. The summed E-state index contributed by atoms with van der Waals surface area (Å²) >= 11 is 0. The van der Waals surface area contributed by atoms with Gasteiger partial charge in [-0.3, -0.25) is 0 Å². The Hall–Kier alpha value is -0.290. The summed E-state index contributed by atoms with van der Waals surface area (Å²) in [6, 6.07) is 0. The topological polar surface area (TPSA) is 40.5 Å². The third-order valence-corrected chi connectivity index (χ3v) is 11.2. The first-order valence-electron chi connectivity index (χ1n) is 12.7. The largest absolute Gasteiger partial charge is 0.417 e. The second-order valence-corrected chi connectivity index (χ2v) is 12.7. The van der Waals surface area contributed by atoms with Crippen LogP contribution in [0.25, 0.3) is 0 Å². The molecule has 1 unspecified atom stereocenters. The molecule has 0 bridgehead atoms. The van der Waals surface area contributed by atoms with Crippen molar-refractivity contribution in [3.05, 3.63) is 0 Å².